The highest BCUT2D eigenvalue weighted by Gasteiger charge is 2.30. The molecule has 0 bridgehead atoms. The van der Waals surface area contributed by atoms with Gasteiger partial charge in [-0.05, 0) is 24.3 Å². The number of nitrogens with two attached hydrogens (primary N) is 1. The molecule has 4 rings (SSSR count). The van der Waals surface area contributed by atoms with Crippen LogP contribution in [0.2, 0.25) is 10.0 Å². The van der Waals surface area contributed by atoms with Crippen molar-refractivity contribution in [3.8, 4) is 11.4 Å². The summed E-state index contributed by atoms with van der Waals surface area (Å²) < 4.78 is 38.2. The molecular formula is C17H9Cl2F3N6S. The third kappa shape index (κ3) is 3.91. The van der Waals surface area contributed by atoms with Gasteiger partial charge in [0.2, 0.25) is 0 Å². The Balaban J connectivity index is 1.81. The van der Waals surface area contributed by atoms with Crippen LogP contribution in [0.1, 0.15) is 5.56 Å². The average Bonchev–Trinajstić information content (AvgIpc) is 3.02. The molecule has 0 aliphatic heterocycles. The highest BCUT2D eigenvalue weighted by atomic mass is 35.5. The topological polar surface area (TPSA) is 89.6 Å². The molecule has 6 nitrogen and oxygen atoms in total. The molecule has 0 saturated heterocycles. The maximum Gasteiger partial charge on any atom is 0.417 e. The van der Waals surface area contributed by atoms with Gasteiger partial charge in [-0.3, -0.25) is 0 Å². The van der Waals surface area contributed by atoms with Gasteiger partial charge in [0.25, 0.3) is 0 Å². The Hall–Kier alpha value is -2.69. The van der Waals surface area contributed by atoms with Crippen LogP contribution in [0.4, 0.5) is 29.9 Å². The normalized spacial score (nSPS) is 11.8. The Morgan fingerprint density at radius 2 is 1.72 bits per heavy atom. The molecule has 0 unspecified atom stereocenters. The standard InChI is InChI=1S/C17H9Cl2F3N6S/c18-8-2-1-3-9(19)11(8)13-27-14(12-15(28-13)29-16(23)26-12)25-10-5-4-7(6-24-10)17(20,21)22/h1-6H,(H2,23,26)(H,24,25,27,28). The number of benzene rings is 1. The van der Waals surface area contributed by atoms with E-state index in [-0.39, 0.29) is 22.6 Å². The number of alkyl halides is 3. The van der Waals surface area contributed by atoms with E-state index in [0.29, 0.717) is 26.0 Å². The van der Waals surface area contributed by atoms with E-state index >= 15 is 0 Å². The van der Waals surface area contributed by atoms with Gasteiger partial charge in [-0.25, -0.2) is 19.9 Å². The molecule has 29 heavy (non-hydrogen) atoms. The van der Waals surface area contributed by atoms with E-state index in [9.17, 15) is 13.2 Å². The van der Waals surface area contributed by atoms with Crippen molar-refractivity contribution < 1.29 is 13.2 Å². The number of hydrogen-bond donors (Lipinski definition) is 2. The second-order valence-electron chi connectivity index (χ2n) is 5.75. The van der Waals surface area contributed by atoms with Crippen molar-refractivity contribution in [1.29, 1.82) is 0 Å². The van der Waals surface area contributed by atoms with E-state index in [1.54, 1.807) is 18.2 Å². The van der Waals surface area contributed by atoms with Crippen molar-refractivity contribution in [2.24, 2.45) is 0 Å². The predicted octanol–water partition coefficient (Wildman–Crippen LogP) is 5.80. The molecule has 4 aromatic rings. The van der Waals surface area contributed by atoms with Gasteiger partial charge in [0.1, 0.15) is 11.3 Å². The van der Waals surface area contributed by atoms with E-state index in [1.165, 1.54) is 6.07 Å². The van der Waals surface area contributed by atoms with Crippen molar-refractivity contribution >= 4 is 61.7 Å². The molecule has 0 aliphatic carbocycles. The lowest BCUT2D eigenvalue weighted by Crippen LogP contribution is -2.06. The van der Waals surface area contributed by atoms with Crippen LogP contribution in [0.25, 0.3) is 21.7 Å². The molecule has 0 spiro atoms. The Morgan fingerprint density at radius 3 is 2.34 bits per heavy atom. The third-order valence-corrected chi connectivity index (χ3v) is 5.21. The van der Waals surface area contributed by atoms with Crippen molar-refractivity contribution in [2.75, 3.05) is 11.1 Å². The number of fused-ring (bicyclic) bond motifs is 1. The molecule has 12 heteroatoms. The molecule has 3 heterocycles. The van der Waals surface area contributed by atoms with Crippen LogP contribution >= 0.6 is 34.5 Å². The van der Waals surface area contributed by atoms with Crippen LogP contribution < -0.4 is 11.1 Å². The third-order valence-electron chi connectivity index (χ3n) is 3.80. The molecule has 0 fully saturated rings. The van der Waals surface area contributed by atoms with E-state index in [0.717, 1.165) is 23.6 Å². The van der Waals surface area contributed by atoms with Crippen molar-refractivity contribution in [3.63, 3.8) is 0 Å². The summed E-state index contributed by atoms with van der Waals surface area (Å²) in [7, 11) is 0. The van der Waals surface area contributed by atoms with Crippen LogP contribution in [0.5, 0.6) is 0 Å². The highest BCUT2D eigenvalue weighted by molar-refractivity contribution is 7.21. The molecule has 0 aliphatic rings. The Kier molecular flexibility index (Phi) is 4.93. The smallest absolute Gasteiger partial charge is 0.375 e. The SMILES string of the molecule is Nc1nc2c(Nc3ccc(C(F)(F)F)cn3)nc(-c3c(Cl)cccc3Cl)nc2s1. The summed E-state index contributed by atoms with van der Waals surface area (Å²) in [4.78, 5) is 17.3. The van der Waals surface area contributed by atoms with E-state index < -0.39 is 11.7 Å². The lowest BCUT2D eigenvalue weighted by atomic mass is 10.2. The number of nitrogen functional groups attached to an aromatic ring is 1. The molecule has 0 radical (unpaired) electrons. The molecular weight excluding hydrogens is 448 g/mol. The maximum absolute atomic E-state index is 12.7. The predicted molar refractivity (Wildman–Crippen MR) is 108 cm³/mol. The van der Waals surface area contributed by atoms with E-state index in [1.807, 2.05) is 0 Å². The summed E-state index contributed by atoms with van der Waals surface area (Å²) in [6.45, 7) is 0. The number of nitrogens with zero attached hydrogens (tertiary/aromatic N) is 4. The number of aromatic nitrogens is 4. The fourth-order valence-electron chi connectivity index (χ4n) is 2.51. The first-order valence-electron chi connectivity index (χ1n) is 7.91. The second kappa shape index (κ2) is 7.29. The highest BCUT2D eigenvalue weighted by Crippen LogP contribution is 2.37. The van der Waals surface area contributed by atoms with E-state index in [4.69, 9.17) is 28.9 Å². The zero-order valence-electron chi connectivity index (χ0n) is 14.1. The Labute approximate surface area is 175 Å². The summed E-state index contributed by atoms with van der Waals surface area (Å²) in [5.41, 5.74) is 5.68. The van der Waals surface area contributed by atoms with E-state index in [2.05, 4.69) is 25.3 Å². The lowest BCUT2D eigenvalue weighted by molar-refractivity contribution is -0.137. The van der Waals surface area contributed by atoms with Gasteiger partial charge in [0.15, 0.2) is 21.6 Å². The monoisotopic (exact) mass is 456 g/mol. The first-order valence-corrected chi connectivity index (χ1v) is 9.48. The van der Waals surface area contributed by atoms with Crippen LogP contribution in [-0.2, 0) is 6.18 Å². The largest absolute Gasteiger partial charge is 0.417 e. The summed E-state index contributed by atoms with van der Waals surface area (Å²) in [5, 5.41) is 3.79. The average molecular weight is 457 g/mol. The number of pyridine rings is 1. The molecule has 1 aromatic carbocycles. The molecule has 0 amide bonds. The van der Waals surface area contributed by atoms with Crippen molar-refractivity contribution in [1.82, 2.24) is 19.9 Å². The van der Waals surface area contributed by atoms with Crippen LogP contribution in [0.3, 0.4) is 0 Å². The fourth-order valence-corrected chi connectivity index (χ4v) is 3.78. The molecule has 0 atom stereocenters. The lowest BCUT2D eigenvalue weighted by Gasteiger charge is -2.10. The fraction of sp³-hybridized carbons (Fsp3) is 0.0588. The van der Waals surface area contributed by atoms with Gasteiger partial charge in [0, 0.05) is 6.20 Å². The maximum atomic E-state index is 12.7. The minimum atomic E-state index is -4.48. The van der Waals surface area contributed by atoms with Gasteiger partial charge in [-0.1, -0.05) is 40.6 Å². The first-order chi connectivity index (χ1) is 13.7. The number of thiazole rings is 1. The molecule has 3 N–H and O–H groups in total. The van der Waals surface area contributed by atoms with Gasteiger partial charge in [-0.2, -0.15) is 13.2 Å². The van der Waals surface area contributed by atoms with Crippen LogP contribution in [0.15, 0.2) is 36.5 Å². The number of nitrogens with one attached hydrogen (secondary N) is 1. The van der Waals surface area contributed by atoms with Gasteiger partial charge < -0.3 is 11.1 Å². The van der Waals surface area contributed by atoms with Gasteiger partial charge in [-0.15, -0.1) is 0 Å². The minimum absolute atomic E-state index is 0.140. The zero-order valence-corrected chi connectivity index (χ0v) is 16.5. The summed E-state index contributed by atoms with van der Waals surface area (Å²) in [6.07, 6.45) is -3.76. The quantitative estimate of drug-likeness (QED) is 0.404. The van der Waals surface area contributed by atoms with Gasteiger partial charge >= 0.3 is 6.18 Å². The first kappa shape index (κ1) is 19.6. The molecule has 3 aromatic heterocycles. The van der Waals surface area contributed by atoms with Crippen molar-refractivity contribution in [3.05, 3.63) is 52.1 Å². The number of hydrogen-bond acceptors (Lipinski definition) is 7. The Morgan fingerprint density at radius 1 is 1.00 bits per heavy atom. The summed E-state index contributed by atoms with van der Waals surface area (Å²) in [5.74, 6) is 0.563. The molecule has 148 valence electrons. The zero-order chi connectivity index (χ0) is 20.8. The molecule has 0 saturated carbocycles. The summed E-state index contributed by atoms with van der Waals surface area (Å²) in [6, 6.07) is 7.07. The minimum Gasteiger partial charge on any atom is -0.375 e. The number of anilines is 3. The number of rotatable bonds is 3. The van der Waals surface area contributed by atoms with Crippen molar-refractivity contribution in [2.45, 2.75) is 6.18 Å². The Bertz CT molecular complexity index is 1190. The summed E-state index contributed by atoms with van der Waals surface area (Å²) >= 11 is 13.6. The van der Waals surface area contributed by atoms with Gasteiger partial charge in [0.05, 0.1) is 21.2 Å². The van der Waals surface area contributed by atoms with Crippen LogP contribution in [0, 0.1) is 0 Å². The second-order valence-corrected chi connectivity index (χ2v) is 7.58. The number of halogens is 5. The van der Waals surface area contributed by atoms with Crippen LogP contribution in [-0.4, -0.2) is 19.9 Å².